The molecule has 2 aliphatic heterocycles. The second-order valence-corrected chi connectivity index (χ2v) is 12.0. The maximum atomic E-state index is 5.32. The van der Waals surface area contributed by atoms with Crippen molar-refractivity contribution in [2.24, 2.45) is 0 Å². The molecule has 0 unspecified atom stereocenters. The zero-order valence-electron chi connectivity index (χ0n) is 27.5. The molecule has 4 nitrogen and oxygen atoms in total. The summed E-state index contributed by atoms with van der Waals surface area (Å²) < 4.78 is 0. The average Bonchev–Trinajstić information content (AvgIpc) is 3.71. The number of hydrogen-bond donors (Lipinski definition) is 2. The Morgan fingerprint density at radius 3 is 1.50 bits per heavy atom. The Labute approximate surface area is 261 Å². The summed E-state index contributed by atoms with van der Waals surface area (Å²) in [6.45, 7) is 22.1. The average molecular weight is 581 g/mol. The molecule has 2 aliphatic rings. The van der Waals surface area contributed by atoms with Crippen LogP contribution < -0.4 is 0 Å². The summed E-state index contributed by atoms with van der Waals surface area (Å²) in [6, 6.07) is 15.3. The maximum Gasteiger partial charge on any atom is 0.0766 e. The summed E-state index contributed by atoms with van der Waals surface area (Å²) in [4.78, 5) is 18.5. The van der Waals surface area contributed by atoms with Crippen LogP contribution in [0.1, 0.15) is 105 Å². The first kappa shape index (κ1) is 29.6. The van der Waals surface area contributed by atoms with Gasteiger partial charge in [0.15, 0.2) is 0 Å². The number of nitrogens with one attached hydrogen (secondary N) is 2. The van der Waals surface area contributed by atoms with Gasteiger partial charge in [-0.2, -0.15) is 0 Å². The van der Waals surface area contributed by atoms with Crippen LogP contribution in [0.2, 0.25) is 0 Å². The fraction of sp³-hybridized carbons (Fsp3) is 0.300. The van der Waals surface area contributed by atoms with Crippen LogP contribution in [0.15, 0.2) is 49.0 Å². The van der Waals surface area contributed by atoms with Crippen molar-refractivity contribution in [1.29, 1.82) is 0 Å². The minimum absolute atomic E-state index is 0.894. The number of hydrogen-bond acceptors (Lipinski definition) is 2. The van der Waals surface area contributed by atoms with E-state index >= 15 is 0 Å². The molecule has 8 bridgehead atoms. The van der Waals surface area contributed by atoms with Gasteiger partial charge < -0.3 is 9.97 Å². The smallest absolute Gasteiger partial charge is 0.0766 e. The molecule has 0 saturated carbocycles. The highest BCUT2D eigenvalue weighted by Gasteiger charge is 2.25. The molecule has 0 atom stereocenters. The van der Waals surface area contributed by atoms with E-state index in [4.69, 9.17) is 9.97 Å². The number of aryl methyl sites for hydroxylation is 4. The molecule has 4 heteroatoms. The molecule has 0 saturated heterocycles. The van der Waals surface area contributed by atoms with E-state index in [1.165, 1.54) is 55.7 Å². The van der Waals surface area contributed by atoms with Gasteiger partial charge in [0.2, 0.25) is 0 Å². The Bertz CT molecular complexity index is 1920. The third-order valence-electron chi connectivity index (χ3n) is 9.79. The zero-order valence-corrected chi connectivity index (χ0v) is 27.5. The summed E-state index contributed by atoms with van der Waals surface area (Å²) in [5.74, 6) is 0. The summed E-state index contributed by atoms with van der Waals surface area (Å²) in [6.07, 6.45) is 5.60. The quantitative estimate of drug-likeness (QED) is 0.238. The number of aromatic amines is 2. The summed E-state index contributed by atoms with van der Waals surface area (Å²) in [7, 11) is 0. The van der Waals surface area contributed by atoms with Crippen LogP contribution in [0, 0.1) is 13.8 Å². The molecule has 0 fully saturated rings. The van der Waals surface area contributed by atoms with Gasteiger partial charge in [-0.05, 0) is 116 Å². The number of aromatic nitrogens is 4. The predicted octanol–water partition coefficient (Wildman–Crippen LogP) is 11.0. The van der Waals surface area contributed by atoms with Crippen LogP contribution in [0.25, 0.3) is 61.6 Å². The van der Waals surface area contributed by atoms with Gasteiger partial charge in [-0.15, -0.1) is 0 Å². The van der Waals surface area contributed by atoms with Gasteiger partial charge in [-0.1, -0.05) is 70.7 Å². The minimum atomic E-state index is 0.894. The van der Waals surface area contributed by atoms with Gasteiger partial charge in [0.25, 0.3) is 0 Å². The van der Waals surface area contributed by atoms with E-state index in [9.17, 15) is 0 Å². The summed E-state index contributed by atoms with van der Waals surface area (Å²) >= 11 is 0. The van der Waals surface area contributed by atoms with Crippen LogP contribution >= 0.6 is 0 Å². The molecule has 44 heavy (non-hydrogen) atoms. The minimum Gasteiger partial charge on any atom is -0.354 e. The Morgan fingerprint density at radius 1 is 0.659 bits per heavy atom. The summed E-state index contributed by atoms with van der Waals surface area (Å²) in [5, 5.41) is 0. The fourth-order valence-corrected chi connectivity index (χ4v) is 7.37. The summed E-state index contributed by atoms with van der Waals surface area (Å²) in [5.41, 5.74) is 22.2. The van der Waals surface area contributed by atoms with Crippen LogP contribution in [0.5, 0.6) is 0 Å². The molecular weight excluding hydrogens is 536 g/mol. The molecular formula is C40H44N4. The Kier molecular flexibility index (Phi) is 7.79. The van der Waals surface area contributed by atoms with E-state index in [0.29, 0.717) is 0 Å². The second kappa shape index (κ2) is 11.6. The van der Waals surface area contributed by atoms with Crippen LogP contribution in [-0.4, -0.2) is 19.9 Å². The number of benzene rings is 1. The van der Waals surface area contributed by atoms with E-state index < -0.39 is 0 Å². The normalized spacial score (nSPS) is 13.3. The van der Waals surface area contributed by atoms with Crippen LogP contribution in [0.4, 0.5) is 0 Å². The van der Waals surface area contributed by atoms with Gasteiger partial charge in [0.1, 0.15) is 0 Å². The third-order valence-corrected chi connectivity index (χ3v) is 9.79. The maximum absolute atomic E-state index is 5.32. The van der Waals surface area contributed by atoms with Crippen molar-refractivity contribution >= 4 is 50.4 Å². The van der Waals surface area contributed by atoms with E-state index in [2.05, 4.69) is 114 Å². The Balaban J connectivity index is 1.93. The zero-order chi connectivity index (χ0) is 31.3. The van der Waals surface area contributed by atoms with E-state index in [-0.39, 0.29) is 0 Å². The molecule has 5 heterocycles. The molecule has 6 rings (SSSR count). The van der Waals surface area contributed by atoms with Gasteiger partial charge in [-0.25, -0.2) is 9.97 Å². The topological polar surface area (TPSA) is 57.4 Å². The van der Waals surface area contributed by atoms with Crippen molar-refractivity contribution in [2.75, 3.05) is 0 Å². The lowest BCUT2D eigenvalue weighted by Crippen LogP contribution is -1.93. The van der Waals surface area contributed by atoms with Crippen molar-refractivity contribution in [3.63, 3.8) is 0 Å². The van der Waals surface area contributed by atoms with Gasteiger partial charge in [0, 0.05) is 22.2 Å². The molecule has 0 radical (unpaired) electrons. The first-order valence-electron chi connectivity index (χ1n) is 16.1. The molecule has 224 valence electrons. The molecule has 0 amide bonds. The SMILES string of the molecule is C=Cc1c2nc(cc3[nH]c(c(C)c3CC)c(-c3ccccc3)c3[nH]c(cc4nc1C(CC)=C4C)c(CC)c3C)C(C)=C2CC. The Morgan fingerprint density at radius 2 is 1.11 bits per heavy atom. The predicted molar refractivity (Wildman–Crippen MR) is 190 cm³/mol. The molecule has 0 aliphatic carbocycles. The van der Waals surface area contributed by atoms with Crippen molar-refractivity contribution in [2.45, 2.75) is 81.1 Å². The molecule has 4 aromatic rings. The first-order valence-corrected chi connectivity index (χ1v) is 16.1. The highest BCUT2D eigenvalue weighted by molar-refractivity contribution is 6.01. The number of fused-ring (bicyclic) bond motifs is 8. The lowest BCUT2D eigenvalue weighted by molar-refractivity contribution is 1.14. The van der Waals surface area contributed by atoms with Crippen molar-refractivity contribution < 1.29 is 0 Å². The Hall–Kier alpha value is -4.44. The van der Waals surface area contributed by atoms with E-state index in [0.717, 1.165) is 76.1 Å². The molecule has 1 aromatic carbocycles. The third kappa shape index (κ3) is 4.51. The molecule has 0 spiro atoms. The van der Waals surface area contributed by atoms with E-state index in [1.54, 1.807) is 0 Å². The molecule has 3 aromatic heterocycles. The lowest BCUT2D eigenvalue weighted by Gasteiger charge is -2.07. The number of rotatable bonds is 6. The van der Waals surface area contributed by atoms with E-state index in [1.807, 2.05) is 6.08 Å². The monoisotopic (exact) mass is 580 g/mol. The van der Waals surface area contributed by atoms with Gasteiger partial charge in [-0.3, -0.25) is 0 Å². The largest absolute Gasteiger partial charge is 0.354 e. The first-order chi connectivity index (χ1) is 21.3. The fourth-order valence-electron chi connectivity index (χ4n) is 7.37. The number of allylic oxidation sites excluding steroid dienone is 4. The van der Waals surface area contributed by atoms with Crippen molar-refractivity contribution in [3.05, 3.63) is 99.6 Å². The number of nitrogens with zero attached hydrogens (tertiary/aromatic N) is 2. The van der Waals surface area contributed by atoms with Crippen molar-refractivity contribution in [1.82, 2.24) is 19.9 Å². The standard InChI is InChI=1S/C40H44N4/c1-10-27-24(8)37-36(26-18-16-15-17-19-26)38-25(9)28(11-2)35(44-38)21-33-23(7)30(13-4)40(42-33)31(14-5)39-29(12-3)22(6)32(41-39)20-34(27)43-37/h14-21,43-44H,5,10-13H2,1-4,6-9H3. The lowest BCUT2D eigenvalue weighted by atomic mass is 9.96. The van der Waals surface area contributed by atoms with Crippen molar-refractivity contribution in [3.8, 4) is 11.1 Å². The number of H-pyrrole nitrogens is 2. The van der Waals surface area contributed by atoms with Crippen LogP contribution in [0.3, 0.4) is 0 Å². The van der Waals surface area contributed by atoms with Gasteiger partial charge >= 0.3 is 0 Å². The van der Waals surface area contributed by atoms with Crippen LogP contribution in [-0.2, 0) is 12.8 Å². The highest BCUT2D eigenvalue weighted by atomic mass is 14.8. The second-order valence-electron chi connectivity index (χ2n) is 12.0. The highest BCUT2D eigenvalue weighted by Crippen LogP contribution is 2.41. The molecule has 2 N–H and O–H groups in total. The van der Waals surface area contributed by atoms with Gasteiger partial charge in [0.05, 0.1) is 33.8 Å².